The van der Waals surface area contributed by atoms with Crippen molar-refractivity contribution in [3.8, 4) is 0 Å². The highest BCUT2D eigenvalue weighted by molar-refractivity contribution is 5.18. The zero-order chi connectivity index (χ0) is 9.80. The molecule has 3 nitrogen and oxygen atoms in total. The highest BCUT2D eigenvalue weighted by Crippen LogP contribution is 2.06. The molecule has 0 aliphatic heterocycles. The molecule has 1 aromatic heterocycles. The predicted octanol–water partition coefficient (Wildman–Crippen LogP) is 1.89. The van der Waals surface area contributed by atoms with Crippen molar-refractivity contribution in [2.75, 3.05) is 0 Å². The van der Waals surface area contributed by atoms with E-state index < -0.39 is 0 Å². The smallest absolute Gasteiger partial charge is 0.137 e. The monoisotopic (exact) mass is 187 g/mol. The second kappa shape index (κ2) is 4.05. The van der Waals surface area contributed by atoms with Gasteiger partial charge in [0.15, 0.2) is 0 Å². The fourth-order valence-corrected chi connectivity index (χ4v) is 1.46. The van der Waals surface area contributed by atoms with Gasteiger partial charge < -0.3 is 4.57 Å². The van der Waals surface area contributed by atoms with E-state index in [1.165, 1.54) is 5.56 Å². The Morgan fingerprint density at radius 1 is 1.21 bits per heavy atom. The van der Waals surface area contributed by atoms with E-state index in [2.05, 4.69) is 33.8 Å². The number of aromatic nitrogens is 3. The lowest BCUT2D eigenvalue weighted by Gasteiger charge is -2.02. The molecule has 0 amide bonds. The van der Waals surface area contributed by atoms with Crippen LogP contribution in [-0.2, 0) is 13.0 Å². The van der Waals surface area contributed by atoms with E-state index >= 15 is 0 Å². The van der Waals surface area contributed by atoms with Crippen LogP contribution in [0.25, 0.3) is 0 Å². The molecule has 0 saturated carbocycles. The van der Waals surface area contributed by atoms with Crippen molar-refractivity contribution in [3.05, 3.63) is 48.0 Å². The first kappa shape index (κ1) is 8.94. The van der Waals surface area contributed by atoms with Crippen molar-refractivity contribution in [2.45, 2.75) is 19.9 Å². The molecule has 1 aromatic carbocycles. The van der Waals surface area contributed by atoms with Crippen LogP contribution in [0.4, 0.5) is 0 Å². The summed E-state index contributed by atoms with van der Waals surface area (Å²) >= 11 is 0. The second-order valence-electron chi connectivity index (χ2n) is 3.20. The molecule has 0 aliphatic carbocycles. The Balaban J connectivity index is 2.19. The zero-order valence-electron chi connectivity index (χ0n) is 8.22. The maximum Gasteiger partial charge on any atom is 0.137 e. The normalized spacial score (nSPS) is 10.4. The van der Waals surface area contributed by atoms with Gasteiger partial charge in [-0.1, -0.05) is 30.3 Å². The van der Waals surface area contributed by atoms with Crippen LogP contribution in [0.5, 0.6) is 0 Å². The van der Waals surface area contributed by atoms with Gasteiger partial charge in [0.25, 0.3) is 0 Å². The minimum atomic E-state index is 0.856. The Morgan fingerprint density at radius 3 is 2.71 bits per heavy atom. The first-order valence-corrected chi connectivity index (χ1v) is 4.80. The van der Waals surface area contributed by atoms with Crippen molar-refractivity contribution in [1.29, 1.82) is 0 Å². The van der Waals surface area contributed by atoms with Crippen LogP contribution in [-0.4, -0.2) is 14.8 Å². The van der Waals surface area contributed by atoms with E-state index in [1.54, 1.807) is 6.33 Å². The van der Waals surface area contributed by atoms with Gasteiger partial charge in [0.05, 0.1) is 0 Å². The molecule has 0 aliphatic rings. The number of hydrogen-bond donors (Lipinski definition) is 0. The van der Waals surface area contributed by atoms with E-state index in [-0.39, 0.29) is 0 Å². The summed E-state index contributed by atoms with van der Waals surface area (Å²) in [4.78, 5) is 0. The van der Waals surface area contributed by atoms with E-state index in [9.17, 15) is 0 Å². The average Bonchev–Trinajstić information content (AvgIpc) is 2.67. The summed E-state index contributed by atoms with van der Waals surface area (Å²) in [5, 5.41) is 8.00. The fourth-order valence-electron chi connectivity index (χ4n) is 1.46. The Labute approximate surface area is 83.4 Å². The van der Waals surface area contributed by atoms with Gasteiger partial charge in [0, 0.05) is 13.0 Å². The highest BCUT2D eigenvalue weighted by Gasteiger charge is 2.02. The number of hydrogen-bond acceptors (Lipinski definition) is 2. The van der Waals surface area contributed by atoms with Crippen LogP contribution in [0.2, 0.25) is 0 Å². The molecule has 2 rings (SSSR count). The molecule has 1 heterocycles. The summed E-state index contributed by atoms with van der Waals surface area (Å²) in [6.45, 7) is 3.02. The van der Waals surface area contributed by atoms with Gasteiger partial charge in [-0.05, 0) is 12.5 Å². The fraction of sp³-hybridized carbons (Fsp3) is 0.273. The molecular formula is C11H13N3. The van der Waals surface area contributed by atoms with Gasteiger partial charge in [-0.15, -0.1) is 10.2 Å². The van der Waals surface area contributed by atoms with Gasteiger partial charge in [0.1, 0.15) is 12.2 Å². The van der Waals surface area contributed by atoms with Gasteiger partial charge in [-0.25, -0.2) is 0 Å². The average molecular weight is 187 g/mol. The second-order valence-corrected chi connectivity index (χ2v) is 3.20. The lowest BCUT2D eigenvalue weighted by molar-refractivity contribution is 0.712. The molecular weight excluding hydrogens is 174 g/mol. The summed E-state index contributed by atoms with van der Waals surface area (Å²) in [6.07, 6.45) is 2.63. The number of rotatable bonds is 3. The summed E-state index contributed by atoms with van der Waals surface area (Å²) < 4.78 is 2.06. The Bertz CT molecular complexity index is 392. The summed E-state index contributed by atoms with van der Waals surface area (Å²) in [6, 6.07) is 10.3. The molecule has 14 heavy (non-hydrogen) atoms. The van der Waals surface area contributed by atoms with Crippen LogP contribution in [0, 0.1) is 0 Å². The number of benzene rings is 1. The lowest BCUT2D eigenvalue weighted by atomic mass is 10.1. The molecule has 0 unspecified atom stereocenters. The minimum absolute atomic E-state index is 0.856. The van der Waals surface area contributed by atoms with Crippen LogP contribution < -0.4 is 0 Å². The van der Waals surface area contributed by atoms with Gasteiger partial charge in [0.2, 0.25) is 0 Å². The SMILES string of the molecule is CCn1cnnc1Cc1ccccc1. The molecule has 0 fully saturated rings. The van der Waals surface area contributed by atoms with Crippen LogP contribution in [0.1, 0.15) is 18.3 Å². The van der Waals surface area contributed by atoms with E-state index in [0.717, 1.165) is 18.8 Å². The molecule has 2 aromatic rings. The van der Waals surface area contributed by atoms with E-state index in [4.69, 9.17) is 0 Å². The van der Waals surface area contributed by atoms with Crippen LogP contribution >= 0.6 is 0 Å². The molecule has 0 N–H and O–H groups in total. The van der Waals surface area contributed by atoms with E-state index in [0.29, 0.717) is 0 Å². The molecule has 72 valence electrons. The third kappa shape index (κ3) is 1.82. The molecule has 0 bridgehead atoms. The Morgan fingerprint density at radius 2 is 2.00 bits per heavy atom. The maximum absolute atomic E-state index is 4.10. The zero-order valence-corrected chi connectivity index (χ0v) is 8.22. The lowest BCUT2D eigenvalue weighted by Crippen LogP contribution is -2.01. The van der Waals surface area contributed by atoms with E-state index in [1.807, 2.05) is 18.2 Å². The molecule has 0 saturated heterocycles. The summed E-state index contributed by atoms with van der Waals surface area (Å²) in [7, 11) is 0. The number of aryl methyl sites for hydroxylation is 1. The standard InChI is InChI=1S/C11H13N3/c1-2-14-9-12-13-11(14)8-10-6-4-3-5-7-10/h3-7,9H,2,8H2,1H3. The van der Waals surface area contributed by atoms with Crippen molar-refractivity contribution in [3.63, 3.8) is 0 Å². The van der Waals surface area contributed by atoms with Crippen molar-refractivity contribution < 1.29 is 0 Å². The van der Waals surface area contributed by atoms with Crippen LogP contribution in [0.3, 0.4) is 0 Å². The largest absolute Gasteiger partial charge is 0.318 e. The first-order valence-electron chi connectivity index (χ1n) is 4.80. The molecule has 0 spiro atoms. The third-order valence-electron chi connectivity index (χ3n) is 2.24. The van der Waals surface area contributed by atoms with Gasteiger partial charge in [-0.3, -0.25) is 0 Å². The molecule has 0 atom stereocenters. The van der Waals surface area contributed by atoms with Crippen molar-refractivity contribution in [2.24, 2.45) is 0 Å². The van der Waals surface area contributed by atoms with Gasteiger partial charge in [-0.2, -0.15) is 0 Å². The predicted molar refractivity (Wildman–Crippen MR) is 54.9 cm³/mol. The Hall–Kier alpha value is -1.64. The summed E-state index contributed by atoms with van der Waals surface area (Å²) in [5.74, 6) is 1.03. The highest BCUT2D eigenvalue weighted by atomic mass is 15.3. The van der Waals surface area contributed by atoms with Gasteiger partial charge >= 0.3 is 0 Å². The quantitative estimate of drug-likeness (QED) is 0.734. The van der Waals surface area contributed by atoms with Crippen molar-refractivity contribution in [1.82, 2.24) is 14.8 Å². The minimum Gasteiger partial charge on any atom is -0.318 e. The third-order valence-corrected chi connectivity index (χ3v) is 2.24. The number of nitrogens with zero attached hydrogens (tertiary/aromatic N) is 3. The Kier molecular flexibility index (Phi) is 2.58. The van der Waals surface area contributed by atoms with Crippen LogP contribution in [0.15, 0.2) is 36.7 Å². The maximum atomic E-state index is 4.10. The van der Waals surface area contributed by atoms with Crippen molar-refractivity contribution >= 4 is 0 Å². The topological polar surface area (TPSA) is 30.7 Å². The first-order chi connectivity index (χ1) is 6.90. The summed E-state index contributed by atoms with van der Waals surface area (Å²) in [5.41, 5.74) is 1.27. The molecule has 3 heteroatoms. The molecule has 0 radical (unpaired) electrons.